The molecule has 2 aliphatic heterocycles. The molecule has 2 bridgehead atoms. The third kappa shape index (κ3) is 3.43. The number of aryl methyl sites for hydroxylation is 1. The second-order valence-corrected chi connectivity index (χ2v) is 8.60. The Morgan fingerprint density at radius 1 is 1.19 bits per heavy atom. The number of nitro groups is 1. The molecule has 4 heterocycles. The Bertz CT molecular complexity index is 1280. The normalized spacial score (nSPS) is 19.6. The zero-order valence-electron chi connectivity index (χ0n) is 17.8. The standard InChI is InChI=1S/C23H24N4O5/c1-32-18-2-3-19-16(11-18)6-8-24(19)9-7-22(28)25-12-15-10-17(14-25)20-4-5-21(27(30)31)23(29)26(20)13-15/h2-6,8,11,15,17H,7,9-10,12-14H2,1H3/t15-,17-/m0/s1. The van der Waals surface area contributed by atoms with E-state index in [1.54, 1.807) is 17.7 Å². The molecule has 166 valence electrons. The van der Waals surface area contributed by atoms with Gasteiger partial charge in [-0.05, 0) is 42.7 Å². The van der Waals surface area contributed by atoms with Crippen LogP contribution in [0.4, 0.5) is 5.69 Å². The summed E-state index contributed by atoms with van der Waals surface area (Å²) in [5.41, 5.74) is 0.917. The van der Waals surface area contributed by atoms with Gasteiger partial charge in [0.25, 0.3) is 0 Å². The molecule has 0 unspecified atom stereocenters. The number of pyridine rings is 1. The molecule has 0 spiro atoms. The molecule has 32 heavy (non-hydrogen) atoms. The maximum absolute atomic E-state index is 13.0. The van der Waals surface area contributed by atoms with Gasteiger partial charge < -0.3 is 18.8 Å². The number of hydrogen-bond donors (Lipinski definition) is 0. The van der Waals surface area contributed by atoms with Crippen molar-refractivity contribution in [3.05, 3.63) is 68.8 Å². The van der Waals surface area contributed by atoms with Crippen LogP contribution in [0.1, 0.15) is 24.5 Å². The van der Waals surface area contributed by atoms with Crippen molar-refractivity contribution in [1.29, 1.82) is 0 Å². The van der Waals surface area contributed by atoms with Gasteiger partial charge in [-0.15, -0.1) is 0 Å². The van der Waals surface area contributed by atoms with Crippen LogP contribution in [0.25, 0.3) is 10.9 Å². The summed E-state index contributed by atoms with van der Waals surface area (Å²) in [5, 5.41) is 12.2. The van der Waals surface area contributed by atoms with Gasteiger partial charge in [-0.1, -0.05) is 0 Å². The molecule has 0 saturated carbocycles. The number of hydrogen-bond acceptors (Lipinski definition) is 5. The fourth-order valence-corrected chi connectivity index (χ4v) is 5.15. The van der Waals surface area contributed by atoms with Crippen LogP contribution in [0, 0.1) is 16.0 Å². The summed E-state index contributed by atoms with van der Waals surface area (Å²) in [7, 11) is 1.64. The summed E-state index contributed by atoms with van der Waals surface area (Å²) in [6.45, 7) is 2.12. The van der Waals surface area contributed by atoms with Gasteiger partial charge in [0.1, 0.15) is 5.75 Å². The zero-order chi connectivity index (χ0) is 22.4. The number of ether oxygens (including phenoxy) is 1. The Morgan fingerprint density at radius 3 is 2.81 bits per heavy atom. The van der Waals surface area contributed by atoms with E-state index in [1.807, 2.05) is 35.4 Å². The quantitative estimate of drug-likeness (QED) is 0.452. The molecule has 9 heteroatoms. The average Bonchev–Trinajstić information content (AvgIpc) is 3.19. The Hall–Kier alpha value is -3.62. The minimum Gasteiger partial charge on any atom is -0.497 e. The lowest BCUT2D eigenvalue weighted by Gasteiger charge is -2.42. The van der Waals surface area contributed by atoms with Crippen LogP contribution >= 0.6 is 0 Å². The number of methoxy groups -OCH3 is 1. The molecule has 1 saturated heterocycles. The van der Waals surface area contributed by atoms with E-state index in [9.17, 15) is 19.7 Å². The zero-order valence-corrected chi connectivity index (χ0v) is 17.8. The van der Waals surface area contributed by atoms with Crippen molar-refractivity contribution < 1.29 is 14.5 Å². The smallest absolute Gasteiger partial charge is 0.334 e. The van der Waals surface area contributed by atoms with Crippen molar-refractivity contribution in [1.82, 2.24) is 14.0 Å². The summed E-state index contributed by atoms with van der Waals surface area (Å²) < 4.78 is 8.89. The molecule has 1 fully saturated rings. The number of nitrogens with zero attached hydrogens (tertiary/aromatic N) is 4. The Morgan fingerprint density at radius 2 is 2.03 bits per heavy atom. The Kier molecular flexibility index (Phi) is 4.96. The highest BCUT2D eigenvalue weighted by atomic mass is 16.6. The van der Waals surface area contributed by atoms with Gasteiger partial charge in [0.15, 0.2) is 0 Å². The highest BCUT2D eigenvalue weighted by Crippen LogP contribution is 2.36. The van der Waals surface area contributed by atoms with Gasteiger partial charge in [0.05, 0.1) is 12.0 Å². The predicted molar refractivity (Wildman–Crippen MR) is 118 cm³/mol. The SMILES string of the molecule is COc1ccc2c(ccn2CCC(=O)N2C[C@@H]3C[C@@H](C2)c2ccc([N+](=O)[O-])c(=O)n2C3)c1. The maximum atomic E-state index is 13.0. The van der Waals surface area contributed by atoms with Gasteiger partial charge in [-0.25, -0.2) is 0 Å². The number of carbonyl (C=O) groups excluding carboxylic acids is 1. The molecule has 1 aromatic carbocycles. The van der Waals surface area contributed by atoms with Gasteiger partial charge in [-0.3, -0.25) is 19.7 Å². The van der Waals surface area contributed by atoms with Crippen LogP contribution in [0.2, 0.25) is 0 Å². The monoisotopic (exact) mass is 436 g/mol. The summed E-state index contributed by atoms with van der Waals surface area (Å²) in [5.74, 6) is 1.05. The fraction of sp³-hybridized carbons (Fsp3) is 0.391. The van der Waals surface area contributed by atoms with Crippen molar-refractivity contribution in [3.63, 3.8) is 0 Å². The van der Waals surface area contributed by atoms with Crippen LogP contribution in [0.3, 0.4) is 0 Å². The van der Waals surface area contributed by atoms with E-state index in [4.69, 9.17) is 4.74 Å². The number of amides is 1. The molecule has 0 radical (unpaired) electrons. The van der Waals surface area contributed by atoms with E-state index in [-0.39, 0.29) is 17.7 Å². The number of carbonyl (C=O) groups is 1. The molecule has 0 aliphatic carbocycles. The lowest BCUT2D eigenvalue weighted by Crippen LogP contribution is -2.49. The summed E-state index contributed by atoms with van der Waals surface area (Å²) >= 11 is 0. The first-order valence-corrected chi connectivity index (χ1v) is 10.7. The first kappa shape index (κ1) is 20.3. The van der Waals surface area contributed by atoms with Gasteiger partial charge in [0.2, 0.25) is 5.91 Å². The van der Waals surface area contributed by atoms with Crippen molar-refractivity contribution in [2.45, 2.75) is 31.8 Å². The number of piperidine rings is 1. The number of rotatable bonds is 5. The van der Waals surface area contributed by atoms with E-state index < -0.39 is 16.2 Å². The second-order valence-electron chi connectivity index (χ2n) is 8.60. The summed E-state index contributed by atoms with van der Waals surface area (Å²) in [6, 6.07) is 10.9. The molecule has 2 aromatic heterocycles. The molecule has 2 atom stereocenters. The summed E-state index contributed by atoms with van der Waals surface area (Å²) in [6.07, 6.45) is 3.27. The van der Waals surface area contributed by atoms with E-state index in [0.717, 1.165) is 28.8 Å². The molecule has 3 aromatic rings. The number of likely N-dealkylation sites (tertiary alicyclic amines) is 1. The molecular weight excluding hydrogens is 412 g/mol. The number of benzene rings is 1. The minimum absolute atomic E-state index is 0.0276. The average molecular weight is 436 g/mol. The lowest BCUT2D eigenvalue weighted by atomic mass is 9.83. The van der Waals surface area contributed by atoms with Crippen molar-refractivity contribution in [3.8, 4) is 5.75 Å². The minimum atomic E-state index is -0.628. The third-order valence-electron chi connectivity index (χ3n) is 6.68. The van der Waals surface area contributed by atoms with Crippen LogP contribution in [0.5, 0.6) is 5.75 Å². The molecular formula is C23H24N4O5. The molecule has 0 N–H and O–H groups in total. The molecule has 9 nitrogen and oxygen atoms in total. The van der Waals surface area contributed by atoms with E-state index >= 15 is 0 Å². The topological polar surface area (TPSA) is 99.6 Å². The van der Waals surface area contributed by atoms with Crippen molar-refractivity contribution in [2.75, 3.05) is 20.2 Å². The third-order valence-corrected chi connectivity index (χ3v) is 6.68. The fourth-order valence-electron chi connectivity index (χ4n) is 5.15. The Balaban J connectivity index is 1.29. The molecule has 2 aliphatic rings. The van der Waals surface area contributed by atoms with Crippen LogP contribution in [-0.4, -0.2) is 45.1 Å². The second kappa shape index (κ2) is 7.81. The summed E-state index contributed by atoms with van der Waals surface area (Å²) in [4.78, 5) is 37.9. The first-order chi connectivity index (χ1) is 15.4. The van der Waals surface area contributed by atoms with E-state index in [2.05, 4.69) is 4.57 Å². The van der Waals surface area contributed by atoms with E-state index in [1.165, 1.54) is 6.07 Å². The van der Waals surface area contributed by atoms with Gasteiger partial charge >= 0.3 is 11.2 Å². The van der Waals surface area contributed by atoms with Crippen molar-refractivity contribution >= 4 is 22.5 Å². The molecule has 5 rings (SSSR count). The Labute approximate surface area is 184 Å². The van der Waals surface area contributed by atoms with Gasteiger partial charge in [0, 0.05) is 67.4 Å². The van der Waals surface area contributed by atoms with E-state index in [0.29, 0.717) is 32.6 Å². The number of fused-ring (bicyclic) bond motifs is 5. The van der Waals surface area contributed by atoms with Gasteiger partial charge in [-0.2, -0.15) is 0 Å². The molecule has 1 amide bonds. The highest BCUT2D eigenvalue weighted by molar-refractivity contribution is 5.82. The van der Waals surface area contributed by atoms with Crippen LogP contribution < -0.4 is 10.3 Å². The highest BCUT2D eigenvalue weighted by Gasteiger charge is 2.37. The lowest BCUT2D eigenvalue weighted by molar-refractivity contribution is -0.386. The van der Waals surface area contributed by atoms with Crippen LogP contribution in [-0.2, 0) is 17.9 Å². The number of aromatic nitrogens is 2. The largest absolute Gasteiger partial charge is 0.497 e. The first-order valence-electron chi connectivity index (χ1n) is 10.7. The predicted octanol–water partition coefficient (Wildman–Crippen LogP) is 2.76. The maximum Gasteiger partial charge on any atom is 0.334 e. The van der Waals surface area contributed by atoms with Crippen molar-refractivity contribution in [2.24, 2.45) is 5.92 Å². The van der Waals surface area contributed by atoms with Crippen LogP contribution in [0.15, 0.2) is 47.4 Å².